The molecule has 0 fully saturated rings. The van der Waals surface area contributed by atoms with Gasteiger partial charge in [0.15, 0.2) is 5.82 Å². The molecule has 0 saturated carbocycles. The van der Waals surface area contributed by atoms with Crippen molar-refractivity contribution in [3.8, 4) is 5.75 Å². The molecule has 50 heavy (non-hydrogen) atoms. The van der Waals surface area contributed by atoms with Gasteiger partial charge in [-0.2, -0.15) is 4.31 Å². The van der Waals surface area contributed by atoms with Crippen LogP contribution in [0.3, 0.4) is 0 Å². The van der Waals surface area contributed by atoms with Gasteiger partial charge in [0.05, 0.1) is 35.6 Å². The zero-order valence-electron chi connectivity index (χ0n) is 29.3. The monoisotopic (exact) mass is 699 g/mol. The molecule has 264 valence electrons. The lowest BCUT2D eigenvalue weighted by Gasteiger charge is -2.42. The Kier molecular flexibility index (Phi) is 9.98. The fraction of sp³-hybridized carbons (Fsp3) is 0.378. The Bertz CT molecular complexity index is 2010. The molecule has 2 atom stereocenters. The average Bonchev–Trinajstić information content (AvgIpc) is 3.50. The number of nitrogens with one attached hydrogen (secondary N) is 1. The molecule has 2 unspecified atom stereocenters. The van der Waals surface area contributed by atoms with Crippen LogP contribution in [0.15, 0.2) is 71.9 Å². The van der Waals surface area contributed by atoms with E-state index < -0.39 is 22.1 Å². The number of aryl methyl sites for hydroxylation is 3. The van der Waals surface area contributed by atoms with Crippen molar-refractivity contribution >= 4 is 33.4 Å². The number of benzene rings is 3. The highest BCUT2D eigenvalue weighted by atomic mass is 32.3. The normalized spacial score (nSPS) is 17.4. The van der Waals surface area contributed by atoms with Crippen LogP contribution in [0.1, 0.15) is 73.7 Å². The average molecular weight is 700 g/mol. The zero-order valence-corrected chi connectivity index (χ0v) is 30.1. The van der Waals surface area contributed by atoms with Crippen molar-refractivity contribution in [3.05, 3.63) is 101 Å². The lowest BCUT2D eigenvalue weighted by Crippen LogP contribution is -2.37. The molecular weight excluding hydrogens is 655 g/mol. The van der Waals surface area contributed by atoms with E-state index >= 15 is 0 Å². The van der Waals surface area contributed by atoms with Gasteiger partial charge < -0.3 is 15.2 Å². The Morgan fingerprint density at radius 1 is 1.08 bits per heavy atom. The second-order valence-corrected chi connectivity index (χ2v) is 15.3. The number of ether oxygens (including phenoxy) is 1. The molecule has 1 amide bonds. The number of nitrogens with zero attached hydrogens (tertiary/aromatic N) is 6. The summed E-state index contributed by atoms with van der Waals surface area (Å²) in [6.07, 6.45) is 3.43. The first kappa shape index (κ1) is 35.4. The maximum atomic E-state index is 14.2. The summed E-state index contributed by atoms with van der Waals surface area (Å²) in [4.78, 5) is 22.9. The molecular formula is C37H45N7O5S. The summed E-state index contributed by atoms with van der Waals surface area (Å²) in [6, 6.07) is 17.3. The topological polar surface area (TPSA) is 159 Å². The minimum Gasteiger partial charge on any atom is -0.487 e. The smallest absolute Gasteiger partial charge is 0.231 e. The zero-order chi connectivity index (χ0) is 35.8. The van der Waals surface area contributed by atoms with Crippen LogP contribution in [0.5, 0.6) is 5.75 Å². The van der Waals surface area contributed by atoms with Gasteiger partial charge in [0.2, 0.25) is 5.91 Å². The van der Waals surface area contributed by atoms with Gasteiger partial charge >= 0.3 is 0 Å². The van der Waals surface area contributed by atoms with Crippen LogP contribution >= 0.6 is 10.8 Å². The van der Waals surface area contributed by atoms with Crippen molar-refractivity contribution in [1.82, 2.24) is 29.3 Å². The number of fused-ring (bicyclic) bond motifs is 2. The van der Waals surface area contributed by atoms with E-state index in [9.17, 15) is 19.0 Å². The van der Waals surface area contributed by atoms with Gasteiger partial charge in [-0.05, 0) is 73.2 Å². The van der Waals surface area contributed by atoms with Crippen LogP contribution in [0.4, 0.5) is 5.69 Å². The quantitative estimate of drug-likeness (QED) is 0.122. The Labute approximate surface area is 294 Å². The fourth-order valence-electron chi connectivity index (χ4n) is 6.70. The van der Waals surface area contributed by atoms with E-state index in [0.29, 0.717) is 35.8 Å². The molecule has 4 N–H and O–H groups in total. The lowest BCUT2D eigenvalue weighted by atomic mass is 9.69. The van der Waals surface area contributed by atoms with Crippen LogP contribution in [-0.2, 0) is 24.5 Å². The van der Waals surface area contributed by atoms with E-state index in [1.54, 1.807) is 22.5 Å². The predicted octanol–water partition coefficient (Wildman–Crippen LogP) is 6.84. The van der Waals surface area contributed by atoms with Crippen LogP contribution in [0.2, 0.25) is 0 Å². The lowest BCUT2D eigenvalue weighted by molar-refractivity contribution is -0.124. The maximum Gasteiger partial charge on any atom is 0.231 e. The van der Waals surface area contributed by atoms with E-state index in [1.165, 1.54) is 12.4 Å². The molecule has 1 aliphatic heterocycles. The maximum absolute atomic E-state index is 14.2. The van der Waals surface area contributed by atoms with Gasteiger partial charge in [-0.15, -0.1) is 15.9 Å². The van der Waals surface area contributed by atoms with Crippen LogP contribution in [-0.4, -0.2) is 62.0 Å². The molecule has 1 aliphatic rings. The number of aromatic nitrogens is 5. The van der Waals surface area contributed by atoms with Crippen LogP contribution < -0.4 is 10.1 Å². The Morgan fingerprint density at radius 2 is 1.82 bits per heavy atom. The molecule has 6 rings (SSSR count). The Hall–Kier alpha value is -4.40. The van der Waals surface area contributed by atoms with Gasteiger partial charge in [0.1, 0.15) is 28.9 Å². The first-order chi connectivity index (χ1) is 23.9. The minimum absolute atomic E-state index is 0.231. The summed E-state index contributed by atoms with van der Waals surface area (Å²) in [5, 5.41) is 21.2. The standard InChI is InChI=1S/C37H45N7O5S/c1-7-28-21-43(50(47,48)32-12-10-9-11-31(32)49-28)20-26-17-25(14-13-23(26)3)34(29-15-16-30-35(24(29)4)41-42-44(30)8-2)37(5,6)36(46)40-27-18-38-33(22-45)39-19-27/h9-19,28,34,45,47-48H,7-8,20-22H2,1-6H3,(H,40,46). The molecule has 0 saturated heterocycles. The summed E-state index contributed by atoms with van der Waals surface area (Å²) in [6.45, 7) is 12.8. The molecule has 0 aliphatic carbocycles. The number of carbonyl (C=O) groups excluding carboxylic acids is 1. The third-order valence-corrected chi connectivity index (χ3v) is 11.6. The van der Waals surface area contributed by atoms with Crippen molar-refractivity contribution in [3.63, 3.8) is 0 Å². The summed E-state index contributed by atoms with van der Waals surface area (Å²) >= 11 is 0. The first-order valence-electron chi connectivity index (χ1n) is 16.8. The summed E-state index contributed by atoms with van der Waals surface area (Å²) in [5.41, 5.74) is 5.71. The second kappa shape index (κ2) is 14.1. The van der Waals surface area contributed by atoms with Crippen molar-refractivity contribution in [2.24, 2.45) is 5.41 Å². The summed E-state index contributed by atoms with van der Waals surface area (Å²) in [7, 11) is -3.38. The van der Waals surface area contributed by atoms with Crippen molar-refractivity contribution < 1.29 is 23.7 Å². The van der Waals surface area contributed by atoms with E-state index in [4.69, 9.17) is 4.74 Å². The van der Waals surface area contributed by atoms with E-state index in [-0.39, 0.29) is 31.0 Å². The highest BCUT2D eigenvalue weighted by Crippen LogP contribution is 2.57. The largest absolute Gasteiger partial charge is 0.487 e. The van der Waals surface area contributed by atoms with E-state index in [0.717, 1.165) is 38.9 Å². The minimum atomic E-state index is -3.38. The van der Waals surface area contributed by atoms with Crippen molar-refractivity contribution in [1.29, 1.82) is 0 Å². The summed E-state index contributed by atoms with van der Waals surface area (Å²) in [5.74, 6) is 0.0515. The molecule has 12 nitrogen and oxygen atoms in total. The second-order valence-electron chi connectivity index (χ2n) is 13.3. The van der Waals surface area contributed by atoms with Crippen molar-refractivity contribution in [2.45, 2.75) is 84.6 Å². The Morgan fingerprint density at radius 3 is 2.52 bits per heavy atom. The molecule has 2 aromatic heterocycles. The van der Waals surface area contributed by atoms with Gasteiger partial charge in [0, 0.05) is 19.0 Å². The predicted molar refractivity (Wildman–Crippen MR) is 194 cm³/mol. The van der Waals surface area contributed by atoms with Gasteiger partial charge in [-0.1, -0.05) is 62.4 Å². The molecule has 0 radical (unpaired) electrons. The number of amides is 1. The van der Waals surface area contributed by atoms with Crippen LogP contribution in [0, 0.1) is 19.3 Å². The molecule has 0 bridgehead atoms. The van der Waals surface area contributed by atoms with E-state index in [2.05, 4.69) is 37.7 Å². The van der Waals surface area contributed by atoms with Crippen molar-refractivity contribution in [2.75, 3.05) is 11.9 Å². The van der Waals surface area contributed by atoms with Gasteiger partial charge in [0.25, 0.3) is 0 Å². The third kappa shape index (κ3) is 6.59. The number of hydrogen-bond donors (Lipinski definition) is 4. The third-order valence-electron chi connectivity index (χ3n) is 9.72. The number of carbonyl (C=O) groups is 1. The number of rotatable bonds is 10. The number of hydrogen-bond acceptors (Lipinski definition) is 10. The van der Waals surface area contributed by atoms with Gasteiger partial charge in [-0.3, -0.25) is 13.9 Å². The number of aliphatic hydroxyl groups excluding tert-OH is 1. The summed E-state index contributed by atoms with van der Waals surface area (Å²) < 4.78 is 33.2. The molecule has 3 aromatic carbocycles. The number of para-hydroxylation sites is 1. The molecule has 13 heteroatoms. The Balaban J connectivity index is 1.44. The molecule has 5 aromatic rings. The number of aliphatic hydroxyl groups is 1. The number of anilines is 1. The first-order valence-corrected chi connectivity index (χ1v) is 18.3. The highest BCUT2D eigenvalue weighted by molar-refractivity contribution is 8.22. The SMILES string of the molecule is CCC1CN(Cc2cc(C(c3ccc4c(nnn4CC)c3C)C(C)(C)C(=O)Nc3cnc(CO)nc3)ccc2C)S(O)(O)c2ccccc2O1. The fourth-order valence-corrected chi connectivity index (χ4v) is 8.32. The molecule has 0 spiro atoms. The molecule has 3 heterocycles. The van der Waals surface area contributed by atoms with Crippen LogP contribution in [0.25, 0.3) is 11.0 Å². The van der Waals surface area contributed by atoms with Gasteiger partial charge in [-0.25, -0.2) is 14.6 Å². The van der Waals surface area contributed by atoms with E-state index in [1.807, 2.05) is 70.5 Å². The highest BCUT2D eigenvalue weighted by Gasteiger charge is 2.41.